The van der Waals surface area contributed by atoms with Crippen molar-refractivity contribution in [3.8, 4) is 18.1 Å². The average molecular weight is 480 g/mol. The van der Waals surface area contributed by atoms with E-state index in [1.165, 1.54) is 6.33 Å². The maximum Gasteiger partial charge on any atom is 0.294 e. The third kappa shape index (κ3) is 4.78. The predicted molar refractivity (Wildman–Crippen MR) is 139 cm³/mol. The van der Waals surface area contributed by atoms with Gasteiger partial charge >= 0.3 is 0 Å². The summed E-state index contributed by atoms with van der Waals surface area (Å²) in [5.74, 6) is 4.00. The first kappa shape index (κ1) is 23.1. The highest BCUT2D eigenvalue weighted by Crippen LogP contribution is 2.35. The first-order chi connectivity index (χ1) is 17.7. The Balaban J connectivity index is 1.36. The van der Waals surface area contributed by atoms with Crippen LogP contribution in [0.15, 0.2) is 73.1 Å². The van der Waals surface area contributed by atoms with E-state index in [0.717, 1.165) is 33.4 Å². The van der Waals surface area contributed by atoms with Gasteiger partial charge in [-0.2, -0.15) is 0 Å². The second kappa shape index (κ2) is 10.3. The van der Waals surface area contributed by atoms with Gasteiger partial charge in [0.05, 0.1) is 24.4 Å². The number of anilines is 3. The van der Waals surface area contributed by atoms with E-state index in [1.807, 2.05) is 66.7 Å². The highest BCUT2D eigenvalue weighted by Gasteiger charge is 2.34. The molecule has 0 spiro atoms. The molecule has 2 heterocycles. The van der Waals surface area contributed by atoms with Crippen LogP contribution in [0.5, 0.6) is 5.75 Å². The van der Waals surface area contributed by atoms with Gasteiger partial charge in [0.25, 0.3) is 6.47 Å². The van der Waals surface area contributed by atoms with E-state index in [1.54, 1.807) is 7.11 Å². The number of hydrogen-bond donors (Lipinski definition) is 2. The number of nitrogens with one attached hydrogen (secondary N) is 2. The number of ether oxygens (including phenoxy) is 2. The Labute approximate surface area is 209 Å². The number of nitrogens with zero attached hydrogens (tertiary/aromatic N) is 3. The first-order valence-corrected chi connectivity index (χ1v) is 11.5. The first-order valence-electron chi connectivity index (χ1n) is 11.5. The molecule has 4 aromatic rings. The van der Waals surface area contributed by atoms with Crippen molar-refractivity contribution >= 4 is 34.6 Å². The topological polar surface area (TPSA) is 88.6 Å². The zero-order valence-corrected chi connectivity index (χ0v) is 19.7. The van der Waals surface area contributed by atoms with Crippen molar-refractivity contribution in [2.24, 2.45) is 0 Å². The molecule has 5 rings (SSSR count). The van der Waals surface area contributed by atoms with E-state index in [0.29, 0.717) is 31.1 Å². The summed E-state index contributed by atoms with van der Waals surface area (Å²) in [5.41, 5.74) is 4.14. The number of carbonyl (C=O) groups excluding carboxylic acids is 1. The van der Waals surface area contributed by atoms with Gasteiger partial charge in [0.2, 0.25) is 0 Å². The van der Waals surface area contributed by atoms with Crippen LogP contribution in [0.25, 0.3) is 10.9 Å². The minimum atomic E-state index is -0.414. The SMILES string of the molecule is C#Cc1cccc(Nc2ncnc3cc(OC)c(NC4CN(C(OC=O)c5ccccc5)C4)cc23)c1. The van der Waals surface area contributed by atoms with Crippen molar-refractivity contribution in [3.63, 3.8) is 0 Å². The quantitative estimate of drug-likeness (QED) is 0.271. The third-order valence-corrected chi connectivity index (χ3v) is 6.12. The number of terminal acetylenes is 1. The molecule has 1 aromatic heterocycles. The van der Waals surface area contributed by atoms with Crippen LogP contribution < -0.4 is 15.4 Å². The van der Waals surface area contributed by atoms with Crippen LogP contribution in [0, 0.1) is 12.3 Å². The molecule has 0 aliphatic carbocycles. The van der Waals surface area contributed by atoms with E-state index < -0.39 is 6.23 Å². The molecule has 2 N–H and O–H groups in total. The summed E-state index contributed by atoms with van der Waals surface area (Å²) in [7, 11) is 1.63. The lowest BCUT2D eigenvalue weighted by Gasteiger charge is -2.43. The number of methoxy groups -OCH3 is 1. The molecule has 1 aliphatic heterocycles. The van der Waals surface area contributed by atoms with Crippen LogP contribution >= 0.6 is 0 Å². The molecule has 1 aliphatic rings. The highest BCUT2D eigenvalue weighted by molar-refractivity contribution is 5.95. The largest absolute Gasteiger partial charge is 0.495 e. The van der Waals surface area contributed by atoms with Crippen molar-refractivity contribution in [1.29, 1.82) is 0 Å². The summed E-state index contributed by atoms with van der Waals surface area (Å²) < 4.78 is 11.0. The molecule has 0 saturated carbocycles. The molecule has 8 heteroatoms. The van der Waals surface area contributed by atoms with Crippen LogP contribution in [0.1, 0.15) is 17.4 Å². The molecule has 1 unspecified atom stereocenters. The van der Waals surface area contributed by atoms with Crippen molar-refractivity contribution < 1.29 is 14.3 Å². The molecule has 8 nitrogen and oxygen atoms in total. The summed E-state index contributed by atoms with van der Waals surface area (Å²) in [6, 6.07) is 21.3. The van der Waals surface area contributed by atoms with Gasteiger partial charge in [0, 0.05) is 41.4 Å². The van der Waals surface area contributed by atoms with Crippen LogP contribution in [-0.4, -0.2) is 47.6 Å². The second-order valence-corrected chi connectivity index (χ2v) is 8.43. The summed E-state index contributed by atoms with van der Waals surface area (Å²) in [5, 5.41) is 7.75. The lowest BCUT2D eigenvalue weighted by atomic mass is 10.0. The van der Waals surface area contributed by atoms with Crippen molar-refractivity contribution in [2.45, 2.75) is 12.3 Å². The normalized spacial score (nSPS) is 14.3. The van der Waals surface area contributed by atoms with Crippen molar-refractivity contribution in [1.82, 2.24) is 14.9 Å². The lowest BCUT2D eigenvalue weighted by molar-refractivity contribution is -0.149. The van der Waals surface area contributed by atoms with Gasteiger partial charge in [-0.05, 0) is 24.3 Å². The molecule has 1 saturated heterocycles. The monoisotopic (exact) mass is 479 g/mol. The van der Waals surface area contributed by atoms with E-state index >= 15 is 0 Å². The molecular formula is C28H25N5O3. The Bertz CT molecular complexity index is 1410. The summed E-state index contributed by atoms with van der Waals surface area (Å²) in [6.07, 6.45) is 6.65. The number of aromatic nitrogens is 2. The fraction of sp³-hybridized carbons (Fsp3) is 0.179. The van der Waals surface area contributed by atoms with E-state index in [4.69, 9.17) is 15.9 Å². The summed E-state index contributed by atoms with van der Waals surface area (Å²) in [4.78, 5) is 22.1. The van der Waals surface area contributed by atoms with Crippen molar-refractivity contribution in [3.05, 3.63) is 84.2 Å². The van der Waals surface area contributed by atoms with Crippen LogP contribution in [0.2, 0.25) is 0 Å². The molecule has 1 fully saturated rings. The number of hydrogen-bond acceptors (Lipinski definition) is 8. The van der Waals surface area contributed by atoms with E-state index in [-0.39, 0.29) is 6.04 Å². The number of fused-ring (bicyclic) bond motifs is 1. The van der Waals surface area contributed by atoms with Crippen molar-refractivity contribution in [2.75, 3.05) is 30.8 Å². The maximum atomic E-state index is 11.1. The molecule has 0 amide bonds. The van der Waals surface area contributed by atoms with Gasteiger partial charge in [-0.3, -0.25) is 9.69 Å². The molecule has 180 valence electrons. The summed E-state index contributed by atoms with van der Waals surface area (Å²) >= 11 is 0. The lowest BCUT2D eigenvalue weighted by Crippen LogP contribution is -2.56. The Morgan fingerprint density at radius 3 is 2.69 bits per heavy atom. The fourth-order valence-electron chi connectivity index (χ4n) is 4.35. The predicted octanol–water partition coefficient (Wildman–Crippen LogP) is 4.33. The van der Waals surface area contributed by atoms with E-state index in [9.17, 15) is 4.79 Å². The van der Waals surface area contributed by atoms with Crippen LogP contribution in [-0.2, 0) is 9.53 Å². The number of benzene rings is 3. The Kier molecular flexibility index (Phi) is 6.65. The summed E-state index contributed by atoms with van der Waals surface area (Å²) in [6.45, 7) is 1.90. The third-order valence-electron chi connectivity index (χ3n) is 6.12. The molecule has 36 heavy (non-hydrogen) atoms. The zero-order valence-electron chi connectivity index (χ0n) is 19.7. The number of likely N-dealkylation sites (tertiary alicyclic amines) is 1. The van der Waals surface area contributed by atoms with Gasteiger partial charge in [-0.1, -0.05) is 42.3 Å². The van der Waals surface area contributed by atoms with Gasteiger partial charge in [0.1, 0.15) is 17.9 Å². The average Bonchev–Trinajstić information content (AvgIpc) is 2.90. The molecule has 3 aromatic carbocycles. The number of carbonyl (C=O) groups is 1. The van der Waals surface area contributed by atoms with Gasteiger partial charge in [-0.25, -0.2) is 9.97 Å². The second-order valence-electron chi connectivity index (χ2n) is 8.43. The standard InChI is InChI=1S/C28H25N5O3/c1-3-19-8-7-11-21(12-19)32-27-23-13-25(26(35-2)14-24(23)29-17-30-27)31-22-15-33(16-22)28(36-18-34)20-9-5-4-6-10-20/h1,4-14,17-18,22,28,31H,15-16H2,2H3,(H,29,30,32). The molecule has 0 radical (unpaired) electrons. The van der Waals surface area contributed by atoms with Gasteiger partial charge in [-0.15, -0.1) is 6.42 Å². The Morgan fingerprint density at radius 2 is 1.94 bits per heavy atom. The van der Waals surface area contributed by atoms with Gasteiger partial charge in [0.15, 0.2) is 6.23 Å². The number of rotatable bonds is 9. The zero-order chi connectivity index (χ0) is 24.9. The molecular weight excluding hydrogens is 454 g/mol. The minimum Gasteiger partial charge on any atom is -0.495 e. The van der Waals surface area contributed by atoms with Gasteiger partial charge < -0.3 is 20.1 Å². The molecule has 1 atom stereocenters. The minimum absolute atomic E-state index is 0.145. The smallest absolute Gasteiger partial charge is 0.294 e. The fourth-order valence-corrected chi connectivity index (χ4v) is 4.35. The Hall–Kier alpha value is -4.61. The highest BCUT2D eigenvalue weighted by atomic mass is 16.5. The van der Waals surface area contributed by atoms with Crippen LogP contribution in [0.4, 0.5) is 17.2 Å². The molecule has 0 bridgehead atoms. The van der Waals surface area contributed by atoms with Crippen LogP contribution in [0.3, 0.4) is 0 Å². The van der Waals surface area contributed by atoms with E-state index in [2.05, 4.69) is 31.4 Å². The maximum absolute atomic E-state index is 11.1. The Morgan fingerprint density at radius 1 is 1.11 bits per heavy atom.